The summed E-state index contributed by atoms with van der Waals surface area (Å²) in [6.45, 7) is 0.231. The first-order chi connectivity index (χ1) is 14.7. The molecule has 0 spiro atoms. The van der Waals surface area contributed by atoms with Crippen molar-refractivity contribution in [2.24, 2.45) is 0 Å². The third kappa shape index (κ3) is 4.75. The number of hydrogen-bond donors (Lipinski definition) is 2. The first kappa shape index (κ1) is 21.4. The molecule has 2 aromatic rings. The van der Waals surface area contributed by atoms with Crippen LogP contribution in [0.4, 0.5) is 13.2 Å². The number of carbonyl (C=O) groups is 2. The SMILES string of the molecule is Cc1nn(CC(F)(F)F)cc1C(=O)N[C@@H]1CCC[C@H]1NC(=O)c1conc1C1CCC1. The van der Waals surface area contributed by atoms with Gasteiger partial charge in [0.05, 0.1) is 17.0 Å². The van der Waals surface area contributed by atoms with Gasteiger partial charge in [-0.3, -0.25) is 14.3 Å². The number of aromatic nitrogens is 3. The summed E-state index contributed by atoms with van der Waals surface area (Å²) in [5, 5.41) is 13.6. The van der Waals surface area contributed by atoms with E-state index in [2.05, 4.69) is 20.9 Å². The number of nitrogens with zero attached hydrogens (tertiary/aromatic N) is 3. The fourth-order valence-corrected chi connectivity index (χ4v) is 4.19. The standard InChI is InChI=1S/C20H24F3N5O3/c1-11-13(8-28(26-11)10-20(21,22)23)18(29)24-15-6-3-7-16(15)25-19(30)14-9-31-27-17(14)12-4-2-5-12/h8-9,12,15-16H,2-7,10H2,1H3,(H,24,29)(H,25,30)/t15-,16-/m1/s1. The van der Waals surface area contributed by atoms with E-state index in [0.717, 1.165) is 31.9 Å². The first-order valence-electron chi connectivity index (χ1n) is 10.4. The largest absolute Gasteiger partial charge is 0.408 e. The zero-order valence-corrected chi connectivity index (χ0v) is 17.0. The molecule has 2 amide bonds. The summed E-state index contributed by atoms with van der Waals surface area (Å²) in [6.07, 6.45) is 3.25. The highest BCUT2D eigenvalue weighted by atomic mass is 19.4. The van der Waals surface area contributed by atoms with Gasteiger partial charge in [0.15, 0.2) is 0 Å². The zero-order valence-electron chi connectivity index (χ0n) is 17.0. The van der Waals surface area contributed by atoms with Crippen molar-refractivity contribution < 1.29 is 27.3 Å². The molecule has 2 aromatic heterocycles. The minimum absolute atomic E-state index is 0.0903. The Morgan fingerprint density at radius 2 is 1.71 bits per heavy atom. The Bertz CT molecular complexity index is 964. The quantitative estimate of drug-likeness (QED) is 0.720. The minimum Gasteiger partial charge on any atom is -0.364 e. The lowest BCUT2D eigenvalue weighted by molar-refractivity contribution is -0.142. The summed E-state index contributed by atoms with van der Waals surface area (Å²) in [4.78, 5) is 25.4. The summed E-state index contributed by atoms with van der Waals surface area (Å²) >= 11 is 0. The maximum Gasteiger partial charge on any atom is 0.408 e. The predicted octanol–water partition coefficient (Wildman–Crippen LogP) is 3.09. The molecule has 168 valence electrons. The van der Waals surface area contributed by atoms with Gasteiger partial charge in [0.25, 0.3) is 11.8 Å². The van der Waals surface area contributed by atoms with E-state index in [1.165, 1.54) is 13.2 Å². The van der Waals surface area contributed by atoms with E-state index in [9.17, 15) is 22.8 Å². The Hall–Kier alpha value is -2.85. The number of halogens is 3. The van der Waals surface area contributed by atoms with Crippen molar-refractivity contribution in [3.05, 3.63) is 35.0 Å². The Morgan fingerprint density at radius 3 is 2.29 bits per heavy atom. The monoisotopic (exact) mass is 439 g/mol. The fourth-order valence-electron chi connectivity index (χ4n) is 4.19. The Balaban J connectivity index is 1.39. The van der Waals surface area contributed by atoms with Crippen LogP contribution in [0.3, 0.4) is 0 Å². The molecular weight excluding hydrogens is 415 g/mol. The van der Waals surface area contributed by atoms with Gasteiger partial charge in [-0.1, -0.05) is 11.6 Å². The maximum atomic E-state index is 12.8. The first-order valence-corrected chi connectivity index (χ1v) is 10.4. The van der Waals surface area contributed by atoms with E-state index in [1.54, 1.807) is 0 Å². The van der Waals surface area contributed by atoms with Gasteiger partial charge in [-0.15, -0.1) is 0 Å². The second-order valence-corrected chi connectivity index (χ2v) is 8.27. The average molecular weight is 439 g/mol. The van der Waals surface area contributed by atoms with Crippen LogP contribution in [-0.4, -0.2) is 45.0 Å². The van der Waals surface area contributed by atoms with Gasteiger partial charge >= 0.3 is 6.18 Å². The van der Waals surface area contributed by atoms with Crippen LogP contribution < -0.4 is 10.6 Å². The van der Waals surface area contributed by atoms with Gasteiger partial charge in [-0.25, -0.2) is 0 Å². The van der Waals surface area contributed by atoms with Gasteiger partial charge in [0.1, 0.15) is 18.4 Å². The Labute approximate surface area is 176 Å². The van der Waals surface area contributed by atoms with E-state index in [0.29, 0.717) is 28.8 Å². The number of aryl methyl sites for hydroxylation is 1. The number of carbonyl (C=O) groups excluding carboxylic acids is 2. The molecule has 0 bridgehead atoms. The normalized spacial score (nSPS) is 21.7. The molecule has 2 aliphatic carbocycles. The van der Waals surface area contributed by atoms with Gasteiger partial charge < -0.3 is 15.2 Å². The fraction of sp³-hybridized carbons (Fsp3) is 0.600. The molecule has 2 atom stereocenters. The van der Waals surface area contributed by atoms with Crippen LogP contribution in [0.5, 0.6) is 0 Å². The van der Waals surface area contributed by atoms with Crippen LogP contribution in [0.2, 0.25) is 0 Å². The number of hydrogen-bond acceptors (Lipinski definition) is 5. The van der Waals surface area contributed by atoms with Gasteiger partial charge in [0, 0.05) is 24.2 Å². The summed E-state index contributed by atoms with van der Waals surface area (Å²) < 4.78 is 43.5. The van der Waals surface area contributed by atoms with Crippen molar-refractivity contribution in [2.45, 2.75) is 76.2 Å². The van der Waals surface area contributed by atoms with Crippen molar-refractivity contribution in [1.82, 2.24) is 25.6 Å². The number of nitrogens with one attached hydrogen (secondary N) is 2. The summed E-state index contributed by atoms with van der Waals surface area (Å²) in [5.74, 6) is -0.546. The van der Waals surface area contributed by atoms with Crippen molar-refractivity contribution in [3.8, 4) is 0 Å². The molecule has 31 heavy (non-hydrogen) atoms. The number of rotatable bonds is 6. The molecule has 2 heterocycles. The van der Waals surface area contributed by atoms with Crippen LogP contribution in [0.15, 0.2) is 17.0 Å². The summed E-state index contributed by atoms with van der Waals surface area (Å²) in [7, 11) is 0. The predicted molar refractivity (Wildman–Crippen MR) is 102 cm³/mol. The Morgan fingerprint density at radius 1 is 1.10 bits per heavy atom. The van der Waals surface area contributed by atoms with Crippen LogP contribution in [-0.2, 0) is 6.54 Å². The highest BCUT2D eigenvalue weighted by molar-refractivity contribution is 5.96. The molecular formula is C20H24F3N5O3. The smallest absolute Gasteiger partial charge is 0.364 e. The van der Waals surface area contributed by atoms with E-state index in [-0.39, 0.29) is 35.2 Å². The lowest BCUT2D eigenvalue weighted by Crippen LogP contribution is -2.48. The van der Waals surface area contributed by atoms with E-state index in [4.69, 9.17) is 4.52 Å². The molecule has 2 saturated carbocycles. The molecule has 4 rings (SSSR count). The van der Waals surface area contributed by atoms with Gasteiger partial charge in [-0.2, -0.15) is 18.3 Å². The minimum atomic E-state index is -4.42. The molecule has 0 saturated heterocycles. The topological polar surface area (TPSA) is 102 Å². The molecule has 0 aromatic carbocycles. The highest BCUT2D eigenvalue weighted by Crippen LogP contribution is 2.37. The van der Waals surface area contributed by atoms with E-state index in [1.807, 2.05) is 0 Å². The number of amides is 2. The average Bonchev–Trinajstić information content (AvgIpc) is 3.33. The van der Waals surface area contributed by atoms with Gasteiger partial charge in [0.2, 0.25) is 0 Å². The third-order valence-electron chi connectivity index (χ3n) is 6.02. The van der Waals surface area contributed by atoms with Crippen molar-refractivity contribution in [3.63, 3.8) is 0 Å². The maximum absolute atomic E-state index is 12.8. The Kier molecular flexibility index (Phi) is 5.76. The lowest BCUT2D eigenvalue weighted by Gasteiger charge is -2.25. The molecule has 2 fully saturated rings. The van der Waals surface area contributed by atoms with Gasteiger partial charge in [-0.05, 0) is 39.0 Å². The molecule has 0 radical (unpaired) electrons. The zero-order chi connectivity index (χ0) is 22.2. The third-order valence-corrected chi connectivity index (χ3v) is 6.02. The summed E-state index contributed by atoms with van der Waals surface area (Å²) in [6, 6.07) is -0.611. The van der Waals surface area contributed by atoms with Crippen LogP contribution in [0.1, 0.15) is 76.5 Å². The molecule has 0 unspecified atom stereocenters. The second kappa shape index (κ2) is 8.35. The van der Waals surface area contributed by atoms with Crippen LogP contribution >= 0.6 is 0 Å². The second-order valence-electron chi connectivity index (χ2n) is 8.27. The van der Waals surface area contributed by atoms with Crippen LogP contribution in [0, 0.1) is 6.92 Å². The van der Waals surface area contributed by atoms with Crippen LogP contribution in [0.25, 0.3) is 0 Å². The van der Waals surface area contributed by atoms with E-state index >= 15 is 0 Å². The van der Waals surface area contributed by atoms with E-state index < -0.39 is 18.6 Å². The van der Waals surface area contributed by atoms with Crippen molar-refractivity contribution in [1.29, 1.82) is 0 Å². The molecule has 0 aliphatic heterocycles. The number of alkyl halides is 3. The van der Waals surface area contributed by atoms with Crippen molar-refractivity contribution in [2.75, 3.05) is 0 Å². The summed E-state index contributed by atoms with van der Waals surface area (Å²) in [5.41, 5.74) is 1.41. The van der Waals surface area contributed by atoms with Crippen molar-refractivity contribution >= 4 is 11.8 Å². The molecule has 11 heteroatoms. The molecule has 8 nitrogen and oxygen atoms in total. The highest BCUT2D eigenvalue weighted by Gasteiger charge is 2.34. The molecule has 2 aliphatic rings. The lowest BCUT2D eigenvalue weighted by atomic mass is 9.81. The molecule has 2 N–H and O–H groups in total.